The van der Waals surface area contributed by atoms with Gasteiger partial charge >= 0.3 is 0 Å². The van der Waals surface area contributed by atoms with Crippen LogP contribution in [-0.2, 0) is 13.6 Å². The Labute approximate surface area is 174 Å². The number of nitrogens with zero attached hydrogens (tertiary/aromatic N) is 5. The molecule has 152 valence electrons. The van der Waals surface area contributed by atoms with Crippen molar-refractivity contribution < 1.29 is 4.39 Å². The standard InChI is InChI=1S/C23H23FN6/c1-29-14-16(18-11-17(24)7-8-20(18)29)15-30-10-4-5-21(30)19-12-25-13-23(27-19)28-22-6-2-3-9-26-22/h2-3,6-9,11-14,21H,4-5,10,15H2,1H3,(H,26,27,28). The lowest BCUT2D eigenvalue weighted by molar-refractivity contribution is 0.245. The Balaban J connectivity index is 1.40. The fourth-order valence-electron chi connectivity index (χ4n) is 4.31. The van der Waals surface area contributed by atoms with E-state index in [9.17, 15) is 4.39 Å². The summed E-state index contributed by atoms with van der Waals surface area (Å²) >= 11 is 0. The summed E-state index contributed by atoms with van der Waals surface area (Å²) in [6.07, 6.45) is 9.53. The minimum atomic E-state index is -0.202. The van der Waals surface area contributed by atoms with E-state index in [1.807, 2.05) is 37.5 Å². The van der Waals surface area contributed by atoms with Crippen molar-refractivity contribution in [1.82, 2.24) is 24.4 Å². The van der Waals surface area contributed by atoms with E-state index in [1.54, 1.807) is 18.5 Å². The van der Waals surface area contributed by atoms with Crippen LogP contribution in [0.25, 0.3) is 10.9 Å². The Kier molecular flexibility index (Phi) is 4.88. The van der Waals surface area contributed by atoms with Crippen molar-refractivity contribution >= 4 is 22.5 Å². The van der Waals surface area contributed by atoms with Crippen LogP contribution in [0.2, 0.25) is 0 Å². The zero-order chi connectivity index (χ0) is 20.5. The van der Waals surface area contributed by atoms with Gasteiger partial charge in [-0.1, -0.05) is 6.07 Å². The van der Waals surface area contributed by atoms with Crippen LogP contribution >= 0.6 is 0 Å². The molecule has 1 aliphatic heterocycles. The van der Waals surface area contributed by atoms with Crippen LogP contribution in [0.5, 0.6) is 0 Å². The molecule has 0 bridgehead atoms. The van der Waals surface area contributed by atoms with Gasteiger partial charge in [-0.3, -0.25) is 9.88 Å². The molecule has 0 spiro atoms. The SMILES string of the molecule is Cn1cc(CN2CCCC2c2cncc(Nc3ccccn3)n2)c2cc(F)ccc21. The highest BCUT2D eigenvalue weighted by Gasteiger charge is 2.28. The van der Waals surface area contributed by atoms with Crippen molar-refractivity contribution in [2.24, 2.45) is 7.05 Å². The van der Waals surface area contributed by atoms with E-state index in [0.717, 1.165) is 53.9 Å². The first-order valence-electron chi connectivity index (χ1n) is 10.1. The number of halogens is 1. The summed E-state index contributed by atoms with van der Waals surface area (Å²) in [6, 6.07) is 10.9. The molecule has 1 aromatic carbocycles. The lowest BCUT2D eigenvalue weighted by Crippen LogP contribution is -2.23. The number of anilines is 2. The number of hydrogen-bond acceptors (Lipinski definition) is 5. The molecule has 1 aliphatic rings. The molecule has 1 atom stereocenters. The van der Waals surface area contributed by atoms with Gasteiger partial charge in [-0.25, -0.2) is 14.4 Å². The number of nitrogens with one attached hydrogen (secondary N) is 1. The summed E-state index contributed by atoms with van der Waals surface area (Å²) in [5.74, 6) is 1.22. The molecule has 1 saturated heterocycles. The maximum Gasteiger partial charge on any atom is 0.150 e. The Hall–Kier alpha value is -3.32. The Bertz CT molecular complexity index is 1170. The highest BCUT2D eigenvalue weighted by Crippen LogP contribution is 2.34. The summed E-state index contributed by atoms with van der Waals surface area (Å²) in [5.41, 5.74) is 3.12. The summed E-state index contributed by atoms with van der Waals surface area (Å²) in [4.78, 5) is 15.9. The monoisotopic (exact) mass is 402 g/mol. The molecule has 0 amide bonds. The lowest BCUT2D eigenvalue weighted by atomic mass is 10.1. The fraction of sp³-hybridized carbons (Fsp3) is 0.261. The van der Waals surface area contributed by atoms with E-state index in [2.05, 4.69) is 30.9 Å². The number of likely N-dealkylation sites (tertiary alicyclic amines) is 1. The Morgan fingerprint density at radius 1 is 1.17 bits per heavy atom. The van der Waals surface area contributed by atoms with E-state index in [0.29, 0.717) is 5.82 Å². The van der Waals surface area contributed by atoms with Crippen molar-refractivity contribution in [3.05, 3.63) is 78.3 Å². The molecule has 4 aromatic rings. The molecule has 7 heteroatoms. The molecule has 6 nitrogen and oxygen atoms in total. The molecule has 0 saturated carbocycles. The fourth-order valence-corrected chi connectivity index (χ4v) is 4.31. The van der Waals surface area contributed by atoms with Gasteiger partial charge in [0.1, 0.15) is 17.5 Å². The highest BCUT2D eigenvalue weighted by atomic mass is 19.1. The van der Waals surface area contributed by atoms with Crippen molar-refractivity contribution in [3.8, 4) is 0 Å². The van der Waals surface area contributed by atoms with Crippen LogP contribution in [0.3, 0.4) is 0 Å². The van der Waals surface area contributed by atoms with Crippen molar-refractivity contribution in [1.29, 1.82) is 0 Å². The topological polar surface area (TPSA) is 58.9 Å². The van der Waals surface area contributed by atoms with Crippen molar-refractivity contribution in [2.75, 3.05) is 11.9 Å². The maximum absolute atomic E-state index is 13.9. The molecule has 1 unspecified atom stereocenters. The van der Waals surface area contributed by atoms with Crippen LogP contribution < -0.4 is 5.32 Å². The number of pyridine rings is 1. The lowest BCUT2D eigenvalue weighted by Gasteiger charge is -2.24. The average Bonchev–Trinajstić information content (AvgIpc) is 3.34. The van der Waals surface area contributed by atoms with Gasteiger partial charge in [0, 0.05) is 36.9 Å². The summed E-state index contributed by atoms with van der Waals surface area (Å²) in [7, 11) is 2.00. The van der Waals surface area contributed by atoms with Gasteiger partial charge < -0.3 is 9.88 Å². The summed E-state index contributed by atoms with van der Waals surface area (Å²) < 4.78 is 15.9. The molecular weight excluding hydrogens is 379 g/mol. The molecule has 0 radical (unpaired) electrons. The van der Waals surface area contributed by atoms with Crippen molar-refractivity contribution in [3.63, 3.8) is 0 Å². The number of fused-ring (bicyclic) bond motifs is 1. The van der Waals surface area contributed by atoms with Crippen molar-refractivity contribution in [2.45, 2.75) is 25.4 Å². The number of rotatable bonds is 5. The molecular formula is C23H23FN6. The maximum atomic E-state index is 13.9. The molecule has 3 aromatic heterocycles. The molecule has 4 heterocycles. The van der Waals surface area contributed by atoms with Crippen LogP contribution in [0, 0.1) is 5.82 Å². The third kappa shape index (κ3) is 3.64. The van der Waals surface area contributed by atoms with Crippen LogP contribution in [0.4, 0.5) is 16.0 Å². The van der Waals surface area contributed by atoms with Gasteiger partial charge in [-0.15, -0.1) is 0 Å². The number of hydrogen-bond donors (Lipinski definition) is 1. The van der Waals surface area contributed by atoms with Gasteiger partial charge in [0.25, 0.3) is 0 Å². The van der Waals surface area contributed by atoms with Crippen LogP contribution in [-0.4, -0.2) is 31.0 Å². The number of aryl methyl sites for hydroxylation is 1. The number of benzene rings is 1. The zero-order valence-corrected chi connectivity index (χ0v) is 16.8. The second-order valence-corrected chi connectivity index (χ2v) is 7.72. The van der Waals surface area contributed by atoms with E-state index in [-0.39, 0.29) is 11.9 Å². The van der Waals surface area contributed by atoms with Gasteiger partial charge in [0.15, 0.2) is 0 Å². The highest BCUT2D eigenvalue weighted by molar-refractivity contribution is 5.84. The van der Waals surface area contributed by atoms with E-state index >= 15 is 0 Å². The zero-order valence-electron chi connectivity index (χ0n) is 16.8. The second-order valence-electron chi connectivity index (χ2n) is 7.72. The first kappa shape index (κ1) is 18.7. The molecule has 30 heavy (non-hydrogen) atoms. The predicted molar refractivity (Wildman–Crippen MR) is 115 cm³/mol. The molecule has 0 aliphatic carbocycles. The Morgan fingerprint density at radius 2 is 2.10 bits per heavy atom. The first-order chi connectivity index (χ1) is 14.7. The van der Waals surface area contributed by atoms with Gasteiger partial charge in [0.05, 0.1) is 24.1 Å². The molecule has 1 fully saturated rings. The largest absolute Gasteiger partial charge is 0.350 e. The van der Waals surface area contributed by atoms with Crippen LogP contribution in [0.15, 0.2) is 61.2 Å². The summed E-state index contributed by atoms with van der Waals surface area (Å²) in [5, 5.41) is 4.19. The number of aromatic nitrogens is 4. The average molecular weight is 402 g/mol. The minimum absolute atomic E-state index is 0.187. The quantitative estimate of drug-likeness (QED) is 0.529. The third-order valence-corrected chi connectivity index (χ3v) is 5.69. The molecule has 5 rings (SSSR count). The van der Waals surface area contributed by atoms with Gasteiger partial charge in [-0.05, 0) is 55.3 Å². The summed E-state index contributed by atoms with van der Waals surface area (Å²) in [6.45, 7) is 1.74. The van der Waals surface area contributed by atoms with E-state index in [4.69, 9.17) is 4.98 Å². The van der Waals surface area contributed by atoms with Gasteiger partial charge in [-0.2, -0.15) is 0 Å². The molecule has 1 N–H and O–H groups in total. The normalized spacial score (nSPS) is 16.9. The smallest absolute Gasteiger partial charge is 0.150 e. The first-order valence-corrected chi connectivity index (χ1v) is 10.1. The third-order valence-electron chi connectivity index (χ3n) is 5.69. The Morgan fingerprint density at radius 3 is 2.97 bits per heavy atom. The second kappa shape index (κ2) is 7.84. The van der Waals surface area contributed by atoms with E-state index in [1.165, 1.54) is 6.07 Å². The minimum Gasteiger partial charge on any atom is -0.350 e. The van der Waals surface area contributed by atoms with Crippen LogP contribution in [0.1, 0.15) is 30.1 Å². The van der Waals surface area contributed by atoms with Gasteiger partial charge in [0.2, 0.25) is 0 Å². The van der Waals surface area contributed by atoms with E-state index < -0.39 is 0 Å². The predicted octanol–water partition coefficient (Wildman–Crippen LogP) is 4.58.